The third-order valence-corrected chi connectivity index (χ3v) is 2.32. The van der Waals surface area contributed by atoms with Crippen molar-refractivity contribution < 1.29 is 4.79 Å². The van der Waals surface area contributed by atoms with Gasteiger partial charge >= 0.3 is 0 Å². The summed E-state index contributed by atoms with van der Waals surface area (Å²) in [6.45, 7) is 8.85. The second-order valence-corrected chi connectivity index (χ2v) is 3.83. The van der Waals surface area contributed by atoms with E-state index in [4.69, 9.17) is 0 Å². The van der Waals surface area contributed by atoms with Gasteiger partial charge in [0.05, 0.1) is 5.69 Å². The Hall–Kier alpha value is -1.58. The van der Waals surface area contributed by atoms with Crippen LogP contribution in [0.15, 0.2) is 18.7 Å². The van der Waals surface area contributed by atoms with Crippen LogP contribution in [0.2, 0.25) is 0 Å². The average molecular weight is 221 g/mol. The number of nitrogens with one attached hydrogen (secondary N) is 1. The molecule has 88 valence electrons. The van der Waals surface area contributed by atoms with Crippen LogP contribution in [0.4, 0.5) is 0 Å². The van der Waals surface area contributed by atoms with Crippen LogP contribution in [0.5, 0.6) is 0 Å². The minimum absolute atomic E-state index is 0.0643. The molecule has 0 saturated carbocycles. The van der Waals surface area contributed by atoms with Gasteiger partial charge in [-0.05, 0) is 26.3 Å². The van der Waals surface area contributed by atoms with Gasteiger partial charge in [-0.1, -0.05) is 6.08 Å². The Balaban J connectivity index is 2.31. The summed E-state index contributed by atoms with van der Waals surface area (Å²) < 4.78 is 1.86. The molecule has 0 fully saturated rings. The maximum absolute atomic E-state index is 11.4. The molecule has 0 aliphatic rings. The van der Waals surface area contributed by atoms with Crippen molar-refractivity contribution in [1.82, 2.24) is 15.1 Å². The summed E-state index contributed by atoms with van der Waals surface area (Å²) in [6, 6.07) is 2.01. The minimum Gasteiger partial charge on any atom is -0.356 e. The lowest BCUT2D eigenvalue weighted by Crippen LogP contribution is -2.25. The monoisotopic (exact) mass is 221 g/mol. The number of carbonyl (C=O) groups is 1. The van der Waals surface area contributed by atoms with E-state index < -0.39 is 0 Å². The fourth-order valence-corrected chi connectivity index (χ4v) is 1.51. The summed E-state index contributed by atoms with van der Waals surface area (Å²) in [5.41, 5.74) is 2.08. The van der Waals surface area contributed by atoms with Crippen LogP contribution in [-0.2, 0) is 11.3 Å². The molecule has 16 heavy (non-hydrogen) atoms. The average Bonchev–Trinajstić information content (AvgIpc) is 2.55. The smallest absolute Gasteiger partial charge is 0.221 e. The van der Waals surface area contributed by atoms with Gasteiger partial charge in [-0.25, -0.2) is 0 Å². The number of aromatic nitrogens is 2. The van der Waals surface area contributed by atoms with E-state index >= 15 is 0 Å². The van der Waals surface area contributed by atoms with Crippen LogP contribution in [0.1, 0.15) is 24.2 Å². The van der Waals surface area contributed by atoms with Gasteiger partial charge in [0, 0.05) is 25.2 Å². The number of nitrogens with zero attached hydrogens (tertiary/aromatic N) is 2. The van der Waals surface area contributed by atoms with Crippen molar-refractivity contribution >= 4 is 5.91 Å². The number of hydrogen-bond acceptors (Lipinski definition) is 2. The summed E-state index contributed by atoms with van der Waals surface area (Å²) in [7, 11) is 0. The van der Waals surface area contributed by atoms with Crippen molar-refractivity contribution in [3.05, 3.63) is 30.1 Å². The highest BCUT2D eigenvalue weighted by molar-refractivity contribution is 5.75. The molecular weight excluding hydrogens is 202 g/mol. The van der Waals surface area contributed by atoms with Crippen LogP contribution in [0.25, 0.3) is 0 Å². The highest BCUT2D eigenvalue weighted by Crippen LogP contribution is 2.02. The summed E-state index contributed by atoms with van der Waals surface area (Å²) >= 11 is 0. The Bertz CT molecular complexity index is 368. The molecule has 0 unspecified atom stereocenters. The van der Waals surface area contributed by atoms with E-state index in [1.54, 1.807) is 6.08 Å². The third-order valence-electron chi connectivity index (χ3n) is 2.32. The van der Waals surface area contributed by atoms with Crippen LogP contribution in [-0.4, -0.2) is 22.2 Å². The predicted molar refractivity (Wildman–Crippen MR) is 64.1 cm³/mol. The lowest BCUT2D eigenvalue weighted by molar-refractivity contribution is -0.121. The number of aryl methyl sites for hydroxylation is 3. The molecule has 4 nitrogen and oxygen atoms in total. The third kappa shape index (κ3) is 3.88. The van der Waals surface area contributed by atoms with Gasteiger partial charge in [-0.15, -0.1) is 6.58 Å². The summed E-state index contributed by atoms with van der Waals surface area (Å²) in [6.07, 6.45) is 3.08. The topological polar surface area (TPSA) is 46.9 Å². The molecule has 1 rings (SSSR count). The molecule has 1 heterocycles. The van der Waals surface area contributed by atoms with E-state index in [1.807, 2.05) is 24.6 Å². The molecule has 0 atom stereocenters. The molecule has 1 N–H and O–H groups in total. The van der Waals surface area contributed by atoms with Crippen molar-refractivity contribution in [3.63, 3.8) is 0 Å². The van der Waals surface area contributed by atoms with E-state index in [1.165, 1.54) is 0 Å². The zero-order valence-electron chi connectivity index (χ0n) is 9.99. The maximum Gasteiger partial charge on any atom is 0.221 e. The first-order valence-electron chi connectivity index (χ1n) is 5.52. The fraction of sp³-hybridized carbons (Fsp3) is 0.500. The normalized spacial score (nSPS) is 10.1. The molecule has 1 aromatic rings. The first kappa shape index (κ1) is 12.5. The minimum atomic E-state index is 0.0643. The summed E-state index contributed by atoms with van der Waals surface area (Å²) in [4.78, 5) is 11.4. The van der Waals surface area contributed by atoms with Crippen molar-refractivity contribution in [1.29, 1.82) is 0 Å². The van der Waals surface area contributed by atoms with Crippen LogP contribution < -0.4 is 5.32 Å². The summed E-state index contributed by atoms with van der Waals surface area (Å²) in [5, 5.41) is 7.13. The lowest BCUT2D eigenvalue weighted by atomic mass is 10.3. The lowest BCUT2D eigenvalue weighted by Gasteiger charge is -2.05. The van der Waals surface area contributed by atoms with Gasteiger partial charge in [0.2, 0.25) is 5.91 Å². The zero-order valence-corrected chi connectivity index (χ0v) is 9.99. The van der Waals surface area contributed by atoms with Crippen LogP contribution in [0.3, 0.4) is 0 Å². The van der Waals surface area contributed by atoms with E-state index in [2.05, 4.69) is 17.0 Å². The van der Waals surface area contributed by atoms with E-state index in [9.17, 15) is 4.79 Å². The molecule has 0 bridgehead atoms. The number of amides is 1. The Morgan fingerprint density at radius 1 is 1.62 bits per heavy atom. The fourth-order valence-electron chi connectivity index (χ4n) is 1.51. The van der Waals surface area contributed by atoms with Crippen molar-refractivity contribution in [2.45, 2.75) is 33.2 Å². The molecule has 0 spiro atoms. The molecule has 0 saturated heterocycles. The van der Waals surface area contributed by atoms with Crippen molar-refractivity contribution in [3.8, 4) is 0 Å². The Labute approximate surface area is 96.3 Å². The molecule has 0 aliphatic heterocycles. The molecule has 4 heteroatoms. The van der Waals surface area contributed by atoms with Gasteiger partial charge in [-0.2, -0.15) is 5.10 Å². The van der Waals surface area contributed by atoms with E-state index in [0.717, 1.165) is 17.8 Å². The molecule has 0 aromatic carbocycles. The van der Waals surface area contributed by atoms with Crippen LogP contribution in [0, 0.1) is 13.8 Å². The van der Waals surface area contributed by atoms with Gasteiger partial charge < -0.3 is 5.32 Å². The van der Waals surface area contributed by atoms with Gasteiger partial charge in [0.15, 0.2) is 0 Å². The zero-order chi connectivity index (χ0) is 12.0. The Morgan fingerprint density at radius 3 is 2.94 bits per heavy atom. The standard InChI is InChI=1S/C12H19N3O/c1-4-5-7-13-12(16)6-8-15-11(3)9-10(2)14-15/h4,9H,1,5-8H2,2-3H3,(H,13,16). The number of rotatable bonds is 6. The van der Waals surface area contributed by atoms with Crippen molar-refractivity contribution in [2.75, 3.05) is 6.54 Å². The highest BCUT2D eigenvalue weighted by atomic mass is 16.1. The largest absolute Gasteiger partial charge is 0.356 e. The van der Waals surface area contributed by atoms with Gasteiger partial charge in [-0.3, -0.25) is 9.48 Å². The molecule has 1 aromatic heterocycles. The Morgan fingerprint density at radius 2 is 2.38 bits per heavy atom. The predicted octanol–water partition coefficient (Wildman–Crippen LogP) is 1.58. The van der Waals surface area contributed by atoms with Gasteiger partial charge in [0.25, 0.3) is 0 Å². The van der Waals surface area contributed by atoms with Crippen LogP contribution >= 0.6 is 0 Å². The molecule has 0 aliphatic carbocycles. The van der Waals surface area contributed by atoms with E-state index in [0.29, 0.717) is 19.5 Å². The first-order chi connectivity index (χ1) is 7.63. The van der Waals surface area contributed by atoms with Crippen molar-refractivity contribution in [2.24, 2.45) is 0 Å². The SMILES string of the molecule is C=CCCNC(=O)CCn1nc(C)cc1C. The second kappa shape index (κ2) is 6.10. The van der Waals surface area contributed by atoms with Gasteiger partial charge in [0.1, 0.15) is 0 Å². The summed E-state index contributed by atoms with van der Waals surface area (Å²) in [5.74, 6) is 0.0643. The molecule has 1 amide bonds. The molecule has 0 radical (unpaired) electrons. The number of carbonyl (C=O) groups excluding carboxylic acids is 1. The maximum atomic E-state index is 11.4. The highest BCUT2D eigenvalue weighted by Gasteiger charge is 2.04. The molecular formula is C12H19N3O. The second-order valence-electron chi connectivity index (χ2n) is 3.83. The number of hydrogen-bond donors (Lipinski definition) is 1. The van der Waals surface area contributed by atoms with E-state index in [-0.39, 0.29) is 5.91 Å². The first-order valence-corrected chi connectivity index (χ1v) is 5.52. The quantitative estimate of drug-likeness (QED) is 0.585. The Kier molecular flexibility index (Phi) is 4.76.